The molecule has 12 heteroatoms. The zero-order valence-corrected chi connectivity index (χ0v) is 36.6. The first-order valence-corrected chi connectivity index (χ1v) is 24.7. The first-order chi connectivity index (χ1) is 27.5. The third-order valence-electron chi connectivity index (χ3n) is 13.1. The SMILES string of the molecule is Cc1csc2c1CCOC21CCCN1.Cc1csc2c1CCOC21CCCNC1.c1cc2c(s1)C1(CCCN1)OCC2.c1cc2c(s1)C1(CCCNC1)OCC2. The van der Waals surface area contributed by atoms with Crippen LogP contribution in [0.3, 0.4) is 0 Å². The van der Waals surface area contributed by atoms with Gasteiger partial charge in [-0.2, -0.15) is 0 Å². The van der Waals surface area contributed by atoms with Gasteiger partial charge in [-0.25, -0.2) is 0 Å². The van der Waals surface area contributed by atoms with E-state index in [4.69, 9.17) is 18.9 Å². The molecule has 4 aromatic rings. The third-order valence-corrected chi connectivity index (χ3v) is 17.9. The van der Waals surface area contributed by atoms with E-state index in [1.54, 1.807) is 5.56 Å². The summed E-state index contributed by atoms with van der Waals surface area (Å²) in [4.78, 5) is 5.85. The number of piperidine rings is 2. The monoisotopic (exact) mass is 836 g/mol. The summed E-state index contributed by atoms with van der Waals surface area (Å²) in [5.41, 5.74) is 8.87. The zero-order valence-electron chi connectivity index (χ0n) is 33.3. The van der Waals surface area contributed by atoms with Gasteiger partial charge in [-0.1, -0.05) is 0 Å². The van der Waals surface area contributed by atoms with E-state index in [0.29, 0.717) is 0 Å². The highest BCUT2D eigenvalue weighted by atomic mass is 32.1. The largest absolute Gasteiger partial charge is 0.368 e. The van der Waals surface area contributed by atoms with E-state index in [-0.39, 0.29) is 22.7 Å². The summed E-state index contributed by atoms with van der Waals surface area (Å²) in [5.74, 6) is 0. The Labute approximate surface area is 349 Å². The summed E-state index contributed by atoms with van der Waals surface area (Å²) in [5, 5.41) is 22.9. The molecule has 0 radical (unpaired) electrons. The number of aryl methyl sites for hydroxylation is 2. The van der Waals surface area contributed by atoms with Crippen molar-refractivity contribution in [2.24, 2.45) is 0 Å². The summed E-state index contributed by atoms with van der Waals surface area (Å²) in [6.07, 6.45) is 14.0. The lowest BCUT2D eigenvalue weighted by atomic mass is 9.86. The van der Waals surface area contributed by atoms with Crippen LogP contribution in [0, 0.1) is 13.8 Å². The molecular weight excluding hydrogens is 777 g/mol. The molecule has 304 valence electrons. The maximum absolute atomic E-state index is 6.09. The Hall–Kier alpha value is -1.52. The van der Waals surface area contributed by atoms with Crippen LogP contribution in [-0.2, 0) is 67.3 Å². The van der Waals surface area contributed by atoms with Gasteiger partial charge in [0.1, 0.15) is 11.2 Å². The van der Waals surface area contributed by atoms with Crippen LogP contribution in [0.15, 0.2) is 33.7 Å². The fourth-order valence-electron chi connectivity index (χ4n) is 10.2. The molecule has 4 saturated heterocycles. The molecule has 8 aliphatic rings. The van der Waals surface area contributed by atoms with Gasteiger partial charge in [0.15, 0.2) is 11.4 Å². The minimum atomic E-state index is -0.105. The van der Waals surface area contributed by atoms with Crippen molar-refractivity contribution in [3.8, 4) is 0 Å². The smallest absolute Gasteiger partial charge is 0.154 e. The molecule has 0 aromatic carbocycles. The van der Waals surface area contributed by atoms with E-state index >= 15 is 0 Å². The first-order valence-electron chi connectivity index (χ1n) is 21.2. The topological polar surface area (TPSA) is 85.0 Å². The van der Waals surface area contributed by atoms with E-state index in [1.165, 1.54) is 85.9 Å². The van der Waals surface area contributed by atoms with Gasteiger partial charge in [0, 0.05) is 22.8 Å². The molecule has 4 N–H and O–H groups in total. The summed E-state index contributed by atoms with van der Waals surface area (Å²) >= 11 is 7.45. The lowest BCUT2D eigenvalue weighted by Gasteiger charge is -2.40. The lowest BCUT2D eigenvalue weighted by Crippen LogP contribution is -2.47. The molecule has 12 rings (SSSR count). The molecule has 12 heterocycles. The van der Waals surface area contributed by atoms with Gasteiger partial charge < -0.3 is 29.6 Å². The normalized spacial score (nSPS) is 31.3. The Morgan fingerprint density at radius 3 is 1.57 bits per heavy atom. The number of thiophene rings is 4. The highest BCUT2D eigenvalue weighted by Gasteiger charge is 2.44. The number of ether oxygens (including phenoxy) is 4. The summed E-state index contributed by atoms with van der Waals surface area (Å²) < 4.78 is 24.0. The maximum atomic E-state index is 6.09. The van der Waals surface area contributed by atoms with Gasteiger partial charge in [0.25, 0.3) is 0 Å². The van der Waals surface area contributed by atoms with Crippen LogP contribution in [0.2, 0.25) is 0 Å². The van der Waals surface area contributed by atoms with Gasteiger partial charge >= 0.3 is 0 Å². The number of hydrogen-bond donors (Lipinski definition) is 4. The highest BCUT2D eigenvalue weighted by molar-refractivity contribution is 7.11. The van der Waals surface area contributed by atoms with Gasteiger partial charge in [-0.3, -0.25) is 10.6 Å². The summed E-state index contributed by atoms with van der Waals surface area (Å²) in [6, 6.07) is 4.50. The van der Waals surface area contributed by atoms with E-state index in [1.807, 2.05) is 45.3 Å². The number of fused-ring (bicyclic) bond motifs is 8. The van der Waals surface area contributed by atoms with E-state index in [9.17, 15) is 0 Å². The molecule has 4 spiro atoms. The second-order valence-electron chi connectivity index (χ2n) is 16.7. The van der Waals surface area contributed by atoms with Gasteiger partial charge in [-0.05, 0) is 184 Å². The van der Waals surface area contributed by atoms with Crippen LogP contribution in [0.5, 0.6) is 0 Å². The zero-order chi connectivity index (χ0) is 38.1. The van der Waals surface area contributed by atoms with Crippen molar-refractivity contribution in [1.82, 2.24) is 21.3 Å². The Bertz CT molecular complexity index is 1910. The van der Waals surface area contributed by atoms with Crippen molar-refractivity contribution in [3.63, 3.8) is 0 Å². The van der Waals surface area contributed by atoms with Crippen LogP contribution < -0.4 is 21.3 Å². The summed E-state index contributed by atoms with van der Waals surface area (Å²) in [7, 11) is 0. The van der Waals surface area contributed by atoms with Crippen LogP contribution in [0.25, 0.3) is 0 Å². The minimum absolute atomic E-state index is 0.0186. The Morgan fingerprint density at radius 2 is 0.982 bits per heavy atom. The second kappa shape index (κ2) is 17.2. The van der Waals surface area contributed by atoms with Crippen molar-refractivity contribution in [2.45, 2.75) is 114 Å². The van der Waals surface area contributed by atoms with E-state index < -0.39 is 0 Å². The van der Waals surface area contributed by atoms with Crippen LogP contribution >= 0.6 is 45.3 Å². The molecule has 8 nitrogen and oxygen atoms in total. The van der Waals surface area contributed by atoms with Crippen molar-refractivity contribution >= 4 is 45.3 Å². The fourth-order valence-corrected chi connectivity index (χ4v) is 15.0. The molecule has 0 saturated carbocycles. The third kappa shape index (κ3) is 7.69. The Kier molecular flexibility index (Phi) is 12.3. The molecule has 4 unspecified atom stereocenters. The number of rotatable bonds is 0. The fraction of sp³-hybridized carbons (Fsp3) is 0.636. The second-order valence-corrected chi connectivity index (χ2v) is 20.3. The molecule has 8 aliphatic heterocycles. The molecule has 4 atom stereocenters. The molecule has 4 fully saturated rings. The van der Waals surface area contributed by atoms with Crippen molar-refractivity contribution in [2.75, 3.05) is 65.7 Å². The molecule has 0 amide bonds. The van der Waals surface area contributed by atoms with Gasteiger partial charge in [0.2, 0.25) is 0 Å². The quantitative estimate of drug-likeness (QED) is 0.142. The highest BCUT2D eigenvalue weighted by Crippen LogP contribution is 2.45. The average molecular weight is 837 g/mol. The van der Waals surface area contributed by atoms with E-state index in [0.717, 1.165) is 104 Å². The predicted molar refractivity (Wildman–Crippen MR) is 231 cm³/mol. The van der Waals surface area contributed by atoms with E-state index in [2.05, 4.69) is 68.8 Å². The standard InChI is InChI=1S/C12H17NOS.2C11H15NOS.C10H13NOS/c1-9-7-15-11-10(9)3-6-14-12(11)4-2-5-13-8-12;1-8-7-14-10-9(8)3-6-13-11(10)4-2-5-12-11;1-4-11(8-12-5-1)10-9(2-6-13-11)3-7-14-10;1-4-10(11-5-1)9-8(2-6-12-10)3-7-13-9/h7,13H,2-6,8H2,1H3;7,12H,2-6H2,1H3;3,7,12H,1-2,4-6,8H2;3,7,11H,1-2,4-6H2. The Morgan fingerprint density at radius 1 is 0.500 bits per heavy atom. The first kappa shape index (κ1) is 39.9. The molecule has 4 aromatic heterocycles. The molecular formula is C44H60N4O4S4. The molecule has 0 aliphatic carbocycles. The molecule has 56 heavy (non-hydrogen) atoms. The van der Waals surface area contributed by atoms with Gasteiger partial charge in [-0.15, -0.1) is 45.3 Å². The molecule has 0 bridgehead atoms. The predicted octanol–water partition coefficient (Wildman–Crippen LogP) is 8.13. The lowest BCUT2D eigenvalue weighted by molar-refractivity contribution is -0.0720. The van der Waals surface area contributed by atoms with Crippen molar-refractivity contribution in [3.05, 3.63) is 86.5 Å². The summed E-state index contributed by atoms with van der Waals surface area (Å²) in [6.45, 7) is 14.4. The number of hydrogen-bond acceptors (Lipinski definition) is 12. The average Bonchev–Trinajstić information content (AvgIpc) is 4.09. The van der Waals surface area contributed by atoms with Crippen LogP contribution in [-0.4, -0.2) is 65.7 Å². The van der Waals surface area contributed by atoms with Crippen molar-refractivity contribution in [1.29, 1.82) is 0 Å². The minimum Gasteiger partial charge on any atom is -0.368 e. The van der Waals surface area contributed by atoms with Crippen LogP contribution in [0.1, 0.15) is 104 Å². The maximum Gasteiger partial charge on any atom is 0.154 e. The van der Waals surface area contributed by atoms with Crippen molar-refractivity contribution < 1.29 is 18.9 Å². The van der Waals surface area contributed by atoms with Crippen LogP contribution in [0.4, 0.5) is 0 Å². The Balaban J connectivity index is 0.0000000976. The number of nitrogens with one attached hydrogen (secondary N) is 4. The van der Waals surface area contributed by atoms with Gasteiger partial charge in [0.05, 0.1) is 36.2 Å².